The summed E-state index contributed by atoms with van der Waals surface area (Å²) in [6.07, 6.45) is 0.785. The summed E-state index contributed by atoms with van der Waals surface area (Å²) in [5.74, 6) is 2.36. The summed E-state index contributed by atoms with van der Waals surface area (Å²) in [7, 11) is 1.63. The molecule has 0 bridgehead atoms. The lowest BCUT2D eigenvalue weighted by molar-refractivity contribution is 0.246. The number of hydrogen-bond acceptors (Lipinski definition) is 4. The predicted octanol–water partition coefficient (Wildman–Crippen LogP) is 3.89. The monoisotopic (exact) mass is 351 g/mol. The topological polar surface area (TPSA) is 53.7 Å². The van der Waals surface area contributed by atoms with Crippen LogP contribution in [0.1, 0.15) is 6.42 Å². The minimum atomic E-state index is 0.577. The Labute approximate surface area is 132 Å². The van der Waals surface area contributed by atoms with Crippen molar-refractivity contribution in [2.75, 3.05) is 26.1 Å². The molecule has 2 aromatic carbocycles. The number of ether oxygens (including phenoxy) is 3. The van der Waals surface area contributed by atoms with Gasteiger partial charge in [0.1, 0.15) is 17.2 Å². The van der Waals surface area contributed by atoms with Crippen LogP contribution in [0.2, 0.25) is 0 Å². The molecule has 0 atom stereocenters. The Kier molecular flexibility index (Phi) is 5.75. The molecule has 5 heteroatoms. The number of anilines is 1. The highest BCUT2D eigenvalue weighted by Crippen LogP contribution is 2.29. The fourth-order valence-corrected chi connectivity index (χ4v) is 2.23. The number of methoxy groups -OCH3 is 1. The zero-order chi connectivity index (χ0) is 15.1. The molecule has 0 aromatic heterocycles. The fraction of sp³-hybridized carbons (Fsp3) is 0.250. The third-order valence-corrected chi connectivity index (χ3v) is 3.43. The second-order valence-electron chi connectivity index (χ2n) is 4.42. The Morgan fingerprint density at radius 3 is 2.52 bits per heavy atom. The lowest BCUT2D eigenvalue weighted by atomic mass is 10.3. The molecule has 0 saturated heterocycles. The summed E-state index contributed by atoms with van der Waals surface area (Å²) in [6, 6.07) is 13.0. The van der Waals surface area contributed by atoms with Gasteiger partial charge in [-0.15, -0.1) is 0 Å². The number of halogens is 1. The van der Waals surface area contributed by atoms with Crippen LogP contribution >= 0.6 is 15.9 Å². The van der Waals surface area contributed by atoms with E-state index in [0.717, 1.165) is 28.1 Å². The van der Waals surface area contributed by atoms with Gasteiger partial charge in [-0.05, 0) is 46.3 Å². The minimum absolute atomic E-state index is 0.577. The molecule has 0 radical (unpaired) electrons. The van der Waals surface area contributed by atoms with Crippen molar-refractivity contribution in [3.8, 4) is 17.2 Å². The molecular formula is C16H18BrNO3. The summed E-state index contributed by atoms with van der Waals surface area (Å²) >= 11 is 3.45. The third kappa shape index (κ3) is 4.86. The van der Waals surface area contributed by atoms with Gasteiger partial charge in [-0.2, -0.15) is 0 Å². The molecule has 0 saturated carbocycles. The average Bonchev–Trinajstić information content (AvgIpc) is 2.48. The van der Waals surface area contributed by atoms with E-state index in [1.807, 2.05) is 36.4 Å². The van der Waals surface area contributed by atoms with Crippen LogP contribution in [-0.4, -0.2) is 20.3 Å². The number of nitrogen functional groups attached to an aromatic ring is 1. The largest absolute Gasteiger partial charge is 0.497 e. The van der Waals surface area contributed by atoms with Crippen LogP contribution in [0.5, 0.6) is 17.2 Å². The minimum Gasteiger partial charge on any atom is -0.497 e. The maximum Gasteiger partial charge on any atom is 0.133 e. The SMILES string of the molecule is COc1ccc(OCCCOc2cccc(N)c2)c(Br)c1. The highest BCUT2D eigenvalue weighted by Gasteiger charge is 2.03. The first-order chi connectivity index (χ1) is 10.2. The Morgan fingerprint density at radius 2 is 1.81 bits per heavy atom. The molecule has 0 spiro atoms. The van der Waals surface area contributed by atoms with E-state index in [9.17, 15) is 0 Å². The van der Waals surface area contributed by atoms with E-state index < -0.39 is 0 Å². The Morgan fingerprint density at radius 1 is 1.00 bits per heavy atom. The normalized spacial score (nSPS) is 10.2. The van der Waals surface area contributed by atoms with Gasteiger partial charge in [0, 0.05) is 18.2 Å². The predicted molar refractivity (Wildman–Crippen MR) is 87.2 cm³/mol. The highest BCUT2D eigenvalue weighted by atomic mass is 79.9. The van der Waals surface area contributed by atoms with Crippen molar-refractivity contribution in [2.45, 2.75) is 6.42 Å². The molecule has 0 aliphatic carbocycles. The van der Waals surface area contributed by atoms with Crippen LogP contribution in [-0.2, 0) is 0 Å². The number of benzene rings is 2. The van der Waals surface area contributed by atoms with Crippen molar-refractivity contribution in [2.24, 2.45) is 0 Å². The van der Waals surface area contributed by atoms with Gasteiger partial charge in [-0.1, -0.05) is 6.07 Å². The number of nitrogens with two attached hydrogens (primary N) is 1. The van der Waals surface area contributed by atoms with Crippen molar-refractivity contribution in [1.29, 1.82) is 0 Å². The van der Waals surface area contributed by atoms with Crippen molar-refractivity contribution >= 4 is 21.6 Å². The van der Waals surface area contributed by atoms with E-state index in [2.05, 4.69) is 15.9 Å². The lowest BCUT2D eigenvalue weighted by Gasteiger charge is -2.10. The first-order valence-corrected chi connectivity index (χ1v) is 7.43. The van der Waals surface area contributed by atoms with Crippen molar-refractivity contribution in [3.63, 3.8) is 0 Å². The quantitative estimate of drug-likeness (QED) is 0.607. The van der Waals surface area contributed by atoms with Gasteiger partial charge in [0.2, 0.25) is 0 Å². The van der Waals surface area contributed by atoms with Crippen LogP contribution in [0.4, 0.5) is 5.69 Å². The summed E-state index contributed by atoms with van der Waals surface area (Å²) in [4.78, 5) is 0. The van der Waals surface area contributed by atoms with E-state index in [4.69, 9.17) is 19.9 Å². The van der Waals surface area contributed by atoms with Crippen LogP contribution in [0, 0.1) is 0 Å². The van der Waals surface area contributed by atoms with E-state index in [-0.39, 0.29) is 0 Å². The molecule has 0 heterocycles. The van der Waals surface area contributed by atoms with E-state index >= 15 is 0 Å². The molecule has 0 fully saturated rings. The first-order valence-electron chi connectivity index (χ1n) is 6.64. The third-order valence-electron chi connectivity index (χ3n) is 2.81. The summed E-state index contributed by atoms with van der Waals surface area (Å²) < 4.78 is 17.3. The molecule has 2 aromatic rings. The Bertz CT molecular complexity index is 589. The van der Waals surface area contributed by atoms with Crippen LogP contribution < -0.4 is 19.9 Å². The average molecular weight is 352 g/mol. The van der Waals surface area contributed by atoms with Crippen LogP contribution in [0.15, 0.2) is 46.9 Å². The molecule has 112 valence electrons. The van der Waals surface area contributed by atoms with Gasteiger partial charge in [0.25, 0.3) is 0 Å². The zero-order valence-corrected chi connectivity index (χ0v) is 13.4. The molecule has 21 heavy (non-hydrogen) atoms. The zero-order valence-electron chi connectivity index (χ0n) is 11.8. The standard InChI is InChI=1S/C16H18BrNO3/c1-19-13-6-7-16(15(17)11-13)21-9-3-8-20-14-5-2-4-12(18)10-14/h2,4-7,10-11H,3,8-9,18H2,1H3. The Balaban J connectivity index is 1.72. The molecule has 0 amide bonds. The Hall–Kier alpha value is -1.88. The van der Waals surface area contributed by atoms with Crippen molar-refractivity contribution in [1.82, 2.24) is 0 Å². The van der Waals surface area contributed by atoms with Gasteiger partial charge < -0.3 is 19.9 Å². The maximum absolute atomic E-state index is 5.69. The van der Waals surface area contributed by atoms with Crippen LogP contribution in [0.3, 0.4) is 0 Å². The molecule has 2 rings (SSSR count). The number of hydrogen-bond donors (Lipinski definition) is 1. The van der Waals surface area contributed by atoms with E-state index in [1.54, 1.807) is 13.2 Å². The molecule has 0 unspecified atom stereocenters. The molecule has 4 nitrogen and oxygen atoms in total. The van der Waals surface area contributed by atoms with Gasteiger partial charge in [-0.25, -0.2) is 0 Å². The first kappa shape index (κ1) is 15.5. The smallest absolute Gasteiger partial charge is 0.133 e. The second kappa shape index (κ2) is 7.78. The molecule has 0 aliphatic rings. The van der Waals surface area contributed by atoms with Gasteiger partial charge in [0.15, 0.2) is 0 Å². The second-order valence-corrected chi connectivity index (χ2v) is 5.27. The molecular weight excluding hydrogens is 334 g/mol. The fourth-order valence-electron chi connectivity index (χ4n) is 1.76. The van der Waals surface area contributed by atoms with Gasteiger partial charge >= 0.3 is 0 Å². The summed E-state index contributed by atoms with van der Waals surface area (Å²) in [5, 5.41) is 0. The molecule has 0 aliphatic heterocycles. The lowest BCUT2D eigenvalue weighted by Crippen LogP contribution is -2.05. The van der Waals surface area contributed by atoms with Crippen LogP contribution in [0.25, 0.3) is 0 Å². The van der Waals surface area contributed by atoms with Gasteiger partial charge in [-0.3, -0.25) is 0 Å². The van der Waals surface area contributed by atoms with E-state index in [1.165, 1.54) is 0 Å². The summed E-state index contributed by atoms with van der Waals surface area (Å²) in [6.45, 7) is 1.16. The van der Waals surface area contributed by atoms with E-state index in [0.29, 0.717) is 18.9 Å². The number of rotatable bonds is 7. The van der Waals surface area contributed by atoms with Crippen molar-refractivity contribution in [3.05, 3.63) is 46.9 Å². The molecule has 2 N–H and O–H groups in total. The van der Waals surface area contributed by atoms with Gasteiger partial charge in [0.05, 0.1) is 24.8 Å². The highest BCUT2D eigenvalue weighted by molar-refractivity contribution is 9.10. The maximum atomic E-state index is 5.69. The summed E-state index contributed by atoms with van der Waals surface area (Å²) in [5.41, 5.74) is 6.39. The van der Waals surface area contributed by atoms with Crippen molar-refractivity contribution < 1.29 is 14.2 Å².